The van der Waals surface area contributed by atoms with Gasteiger partial charge in [0.25, 0.3) is 5.91 Å². The SMILES string of the molecule is CCCn1cc(CN=C(NC(=O)c2ccccc2C)Nc2cc(C)ccc2OC)c(C)n1. The number of aliphatic imine (C=N–C) groups is 1. The number of nitrogens with zero attached hydrogens (tertiary/aromatic N) is 3. The Labute approximate surface area is 189 Å². The molecule has 0 aliphatic carbocycles. The summed E-state index contributed by atoms with van der Waals surface area (Å²) in [4.78, 5) is 17.7. The molecule has 2 aromatic carbocycles. The van der Waals surface area contributed by atoms with Gasteiger partial charge in [-0.05, 0) is 56.5 Å². The first-order valence-electron chi connectivity index (χ1n) is 10.8. The summed E-state index contributed by atoms with van der Waals surface area (Å²) in [5.74, 6) is 0.796. The first-order valence-corrected chi connectivity index (χ1v) is 10.8. The second-order valence-corrected chi connectivity index (χ2v) is 7.77. The molecule has 0 bridgehead atoms. The molecule has 168 valence electrons. The summed E-state index contributed by atoms with van der Waals surface area (Å²) in [5, 5.41) is 10.7. The molecule has 1 heterocycles. The number of carbonyl (C=O) groups excluding carboxylic acids is 1. The Morgan fingerprint density at radius 3 is 2.66 bits per heavy atom. The van der Waals surface area contributed by atoms with Crippen molar-refractivity contribution < 1.29 is 9.53 Å². The molecule has 1 aromatic heterocycles. The van der Waals surface area contributed by atoms with E-state index in [9.17, 15) is 4.79 Å². The molecule has 0 radical (unpaired) electrons. The predicted molar refractivity (Wildman–Crippen MR) is 128 cm³/mol. The van der Waals surface area contributed by atoms with Gasteiger partial charge in [0.15, 0.2) is 0 Å². The number of nitrogens with one attached hydrogen (secondary N) is 2. The maximum Gasteiger partial charge on any atom is 0.258 e. The van der Waals surface area contributed by atoms with Crippen LogP contribution in [0, 0.1) is 20.8 Å². The number of aryl methyl sites for hydroxylation is 4. The quantitative estimate of drug-likeness (QED) is 0.421. The van der Waals surface area contributed by atoms with Crippen LogP contribution in [0.1, 0.15) is 46.1 Å². The van der Waals surface area contributed by atoms with Crippen LogP contribution in [-0.4, -0.2) is 28.8 Å². The smallest absolute Gasteiger partial charge is 0.258 e. The number of anilines is 1. The van der Waals surface area contributed by atoms with Crippen molar-refractivity contribution in [2.24, 2.45) is 4.99 Å². The highest BCUT2D eigenvalue weighted by Gasteiger charge is 2.14. The van der Waals surface area contributed by atoms with Gasteiger partial charge in [0.2, 0.25) is 5.96 Å². The number of methoxy groups -OCH3 is 1. The molecule has 0 aliphatic rings. The van der Waals surface area contributed by atoms with Crippen molar-refractivity contribution in [3.05, 3.63) is 76.6 Å². The van der Waals surface area contributed by atoms with Gasteiger partial charge in [0.05, 0.1) is 25.0 Å². The van der Waals surface area contributed by atoms with Gasteiger partial charge in [0.1, 0.15) is 5.75 Å². The number of hydrogen-bond acceptors (Lipinski definition) is 4. The lowest BCUT2D eigenvalue weighted by molar-refractivity contribution is 0.0976. The number of benzene rings is 2. The lowest BCUT2D eigenvalue weighted by Crippen LogP contribution is -2.36. The number of aromatic nitrogens is 2. The standard InChI is InChI=1S/C25H31N5O2/c1-6-13-30-16-20(19(4)29-30)15-26-25(27-22-14-17(2)11-12-23(22)32-5)28-24(31)21-10-8-7-9-18(21)3/h7-12,14,16H,6,13,15H2,1-5H3,(H2,26,27,28,31). The molecule has 0 saturated heterocycles. The lowest BCUT2D eigenvalue weighted by Gasteiger charge is -2.15. The van der Waals surface area contributed by atoms with E-state index in [4.69, 9.17) is 4.74 Å². The Kier molecular flexibility index (Phi) is 7.65. The molecule has 3 rings (SSSR count). The van der Waals surface area contributed by atoms with E-state index in [0.717, 1.165) is 41.0 Å². The van der Waals surface area contributed by atoms with E-state index in [2.05, 4.69) is 27.6 Å². The van der Waals surface area contributed by atoms with E-state index in [-0.39, 0.29) is 5.91 Å². The number of hydrogen-bond donors (Lipinski definition) is 2. The van der Waals surface area contributed by atoms with Crippen LogP contribution in [0.3, 0.4) is 0 Å². The molecule has 0 fully saturated rings. The second kappa shape index (κ2) is 10.6. The van der Waals surface area contributed by atoms with Crippen LogP contribution >= 0.6 is 0 Å². The first-order chi connectivity index (χ1) is 15.4. The third-order valence-electron chi connectivity index (χ3n) is 5.14. The summed E-state index contributed by atoms with van der Waals surface area (Å²) in [7, 11) is 1.62. The van der Waals surface area contributed by atoms with E-state index in [1.165, 1.54) is 0 Å². The van der Waals surface area contributed by atoms with Gasteiger partial charge in [-0.25, -0.2) is 4.99 Å². The van der Waals surface area contributed by atoms with E-state index < -0.39 is 0 Å². The number of guanidine groups is 1. The Morgan fingerprint density at radius 2 is 1.94 bits per heavy atom. The second-order valence-electron chi connectivity index (χ2n) is 7.77. The zero-order chi connectivity index (χ0) is 23.1. The molecule has 0 saturated carbocycles. The molecule has 32 heavy (non-hydrogen) atoms. The summed E-state index contributed by atoms with van der Waals surface area (Å²) >= 11 is 0. The van der Waals surface area contributed by atoms with Crippen LogP contribution in [0.4, 0.5) is 5.69 Å². The third-order valence-corrected chi connectivity index (χ3v) is 5.14. The predicted octanol–water partition coefficient (Wildman–Crippen LogP) is 4.63. The minimum Gasteiger partial charge on any atom is -0.495 e. The van der Waals surface area contributed by atoms with Gasteiger partial charge in [0, 0.05) is 23.9 Å². The number of amides is 1. The third kappa shape index (κ3) is 5.75. The van der Waals surface area contributed by atoms with Gasteiger partial charge >= 0.3 is 0 Å². The normalized spacial score (nSPS) is 11.3. The van der Waals surface area contributed by atoms with E-state index in [0.29, 0.717) is 23.8 Å². The van der Waals surface area contributed by atoms with Crippen molar-refractivity contribution in [2.45, 2.75) is 47.2 Å². The zero-order valence-corrected chi connectivity index (χ0v) is 19.4. The van der Waals surface area contributed by atoms with Crippen molar-refractivity contribution in [2.75, 3.05) is 12.4 Å². The average molecular weight is 434 g/mol. The summed E-state index contributed by atoms with van der Waals surface area (Å²) in [6, 6.07) is 13.3. The Hall–Kier alpha value is -3.61. The topological polar surface area (TPSA) is 80.5 Å². The summed E-state index contributed by atoms with van der Waals surface area (Å²) < 4.78 is 7.41. The summed E-state index contributed by atoms with van der Waals surface area (Å²) in [5.41, 5.74) is 5.24. The minimum absolute atomic E-state index is 0.223. The maximum absolute atomic E-state index is 13.0. The number of carbonyl (C=O) groups is 1. The molecular weight excluding hydrogens is 402 g/mol. The Bertz CT molecular complexity index is 1120. The maximum atomic E-state index is 13.0. The highest BCUT2D eigenvalue weighted by molar-refractivity contribution is 6.10. The number of rotatable bonds is 7. The van der Waals surface area contributed by atoms with Crippen LogP contribution < -0.4 is 15.4 Å². The molecule has 0 spiro atoms. The van der Waals surface area contributed by atoms with Crippen LogP contribution in [0.5, 0.6) is 5.75 Å². The monoisotopic (exact) mass is 433 g/mol. The molecular formula is C25H31N5O2. The lowest BCUT2D eigenvalue weighted by atomic mass is 10.1. The van der Waals surface area contributed by atoms with Gasteiger partial charge in [-0.15, -0.1) is 0 Å². The Balaban J connectivity index is 1.90. The van der Waals surface area contributed by atoms with Crippen molar-refractivity contribution in [1.29, 1.82) is 0 Å². The van der Waals surface area contributed by atoms with E-state index in [1.807, 2.05) is 68.0 Å². The van der Waals surface area contributed by atoms with Crippen LogP contribution in [0.25, 0.3) is 0 Å². The first kappa shape index (κ1) is 23.1. The van der Waals surface area contributed by atoms with Crippen molar-refractivity contribution in [1.82, 2.24) is 15.1 Å². The minimum atomic E-state index is -0.223. The fourth-order valence-corrected chi connectivity index (χ4v) is 3.38. The van der Waals surface area contributed by atoms with E-state index >= 15 is 0 Å². The van der Waals surface area contributed by atoms with Crippen molar-refractivity contribution in [3.63, 3.8) is 0 Å². The molecule has 3 aromatic rings. The van der Waals surface area contributed by atoms with Crippen molar-refractivity contribution >= 4 is 17.6 Å². The highest BCUT2D eigenvalue weighted by atomic mass is 16.5. The molecule has 0 unspecified atom stereocenters. The fraction of sp³-hybridized carbons (Fsp3) is 0.320. The molecule has 1 amide bonds. The largest absolute Gasteiger partial charge is 0.495 e. The van der Waals surface area contributed by atoms with Gasteiger partial charge < -0.3 is 10.1 Å². The zero-order valence-electron chi connectivity index (χ0n) is 19.4. The average Bonchev–Trinajstić information content (AvgIpc) is 3.11. The molecule has 7 heteroatoms. The molecule has 0 aliphatic heterocycles. The molecule has 2 N–H and O–H groups in total. The van der Waals surface area contributed by atoms with Gasteiger partial charge in [-0.2, -0.15) is 5.10 Å². The van der Waals surface area contributed by atoms with Gasteiger partial charge in [-0.3, -0.25) is 14.8 Å². The Morgan fingerprint density at radius 1 is 1.16 bits per heavy atom. The highest BCUT2D eigenvalue weighted by Crippen LogP contribution is 2.25. The summed E-state index contributed by atoms with van der Waals surface area (Å²) in [6.45, 7) is 9.25. The van der Waals surface area contributed by atoms with E-state index in [1.54, 1.807) is 13.2 Å². The molecule has 7 nitrogen and oxygen atoms in total. The molecule has 0 atom stereocenters. The summed E-state index contributed by atoms with van der Waals surface area (Å²) in [6.07, 6.45) is 3.02. The number of ether oxygens (including phenoxy) is 1. The van der Waals surface area contributed by atoms with Gasteiger partial charge in [-0.1, -0.05) is 31.2 Å². The fourth-order valence-electron chi connectivity index (χ4n) is 3.38. The van der Waals surface area contributed by atoms with Crippen LogP contribution in [-0.2, 0) is 13.1 Å². The van der Waals surface area contributed by atoms with Crippen LogP contribution in [0.2, 0.25) is 0 Å². The van der Waals surface area contributed by atoms with Crippen molar-refractivity contribution in [3.8, 4) is 5.75 Å². The van der Waals surface area contributed by atoms with Crippen LogP contribution in [0.15, 0.2) is 53.7 Å².